The van der Waals surface area contributed by atoms with Crippen LogP contribution in [0.3, 0.4) is 0 Å². The molecule has 1 atom stereocenters. The Morgan fingerprint density at radius 2 is 2.00 bits per heavy atom. The van der Waals surface area contributed by atoms with Crippen LogP contribution in [-0.2, 0) is 0 Å². The molecule has 0 aliphatic carbocycles. The van der Waals surface area contributed by atoms with Crippen LogP contribution >= 0.6 is 0 Å². The normalized spacial score (nSPS) is 11.9. The Labute approximate surface area is 145 Å². The summed E-state index contributed by atoms with van der Waals surface area (Å²) >= 11 is 0. The molecule has 128 valence electrons. The fraction of sp³-hybridized carbons (Fsp3) is 0.222. The second kappa shape index (κ2) is 7.12. The molecule has 7 heteroatoms. The molecule has 0 saturated heterocycles. The Bertz CT molecular complexity index is 877. The largest absolute Gasteiger partial charge is 0.506 e. The SMILES string of the molecule is CCC(C)c1ccc(O)c(NC(=O)c2ccnc(-n3cnnc3)c2)c1. The van der Waals surface area contributed by atoms with Gasteiger partial charge in [-0.15, -0.1) is 10.2 Å². The van der Waals surface area contributed by atoms with Crippen LogP contribution in [0.4, 0.5) is 5.69 Å². The summed E-state index contributed by atoms with van der Waals surface area (Å²) in [6.45, 7) is 4.20. The molecule has 0 fully saturated rings. The number of benzene rings is 1. The fourth-order valence-electron chi connectivity index (χ4n) is 2.41. The van der Waals surface area contributed by atoms with Crippen molar-refractivity contribution in [3.63, 3.8) is 0 Å². The molecule has 1 unspecified atom stereocenters. The minimum atomic E-state index is -0.326. The van der Waals surface area contributed by atoms with E-state index in [0.29, 0.717) is 23.0 Å². The summed E-state index contributed by atoms with van der Waals surface area (Å²) in [5.74, 6) is 0.592. The van der Waals surface area contributed by atoms with Crippen LogP contribution in [-0.4, -0.2) is 30.8 Å². The van der Waals surface area contributed by atoms with Gasteiger partial charge in [-0.05, 0) is 42.2 Å². The first-order valence-corrected chi connectivity index (χ1v) is 8.03. The molecule has 0 bridgehead atoms. The number of amides is 1. The standard InChI is InChI=1S/C18H19N5O2/c1-3-12(2)13-4-5-16(24)15(8-13)22-18(25)14-6-7-19-17(9-14)23-10-20-21-11-23/h4-12,24H,3H2,1-2H3,(H,22,25). The van der Waals surface area contributed by atoms with E-state index >= 15 is 0 Å². The molecule has 1 aromatic carbocycles. The number of carbonyl (C=O) groups is 1. The summed E-state index contributed by atoms with van der Waals surface area (Å²) in [6, 6.07) is 8.53. The summed E-state index contributed by atoms with van der Waals surface area (Å²) in [6.07, 6.45) is 5.53. The average Bonchev–Trinajstić information content (AvgIpc) is 3.17. The third-order valence-corrected chi connectivity index (χ3v) is 4.14. The maximum Gasteiger partial charge on any atom is 0.255 e. The maximum atomic E-state index is 12.5. The zero-order chi connectivity index (χ0) is 17.8. The van der Waals surface area contributed by atoms with E-state index in [1.165, 1.54) is 12.7 Å². The van der Waals surface area contributed by atoms with E-state index in [0.717, 1.165) is 12.0 Å². The van der Waals surface area contributed by atoms with Crippen LogP contribution in [0.1, 0.15) is 42.1 Å². The molecule has 3 rings (SSSR count). The number of nitrogens with zero attached hydrogens (tertiary/aromatic N) is 4. The highest BCUT2D eigenvalue weighted by Crippen LogP contribution is 2.29. The highest BCUT2D eigenvalue weighted by Gasteiger charge is 2.13. The molecule has 0 radical (unpaired) electrons. The van der Waals surface area contributed by atoms with Crippen LogP contribution in [0.15, 0.2) is 49.2 Å². The monoisotopic (exact) mass is 337 g/mol. The predicted molar refractivity (Wildman–Crippen MR) is 93.9 cm³/mol. The number of carbonyl (C=O) groups excluding carboxylic acids is 1. The molecule has 3 aromatic rings. The zero-order valence-electron chi connectivity index (χ0n) is 14.0. The minimum absolute atomic E-state index is 0.0356. The smallest absolute Gasteiger partial charge is 0.255 e. The Hall–Kier alpha value is -3.22. The number of nitrogens with one attached hydrogen (secondary N) is 1. The van der Waals surface area contributed by atoms with Gasteiger partial charge < -0.3 is 10.4 Å². The van der Waals surface area contributed by atoms with Crippen molar-refractivity contribution in [2.45, 2.75) is 26.2 Å². The number of pyridine rings is 1. The highest BCUT2D eigenvalue weighted by molar-refractivity contribution is 6.05. The van der Waals surface area contributed by atoms with Crippen molar-refractivity contribution in [3.8, 4) is 11.6 Å². The Morgan fingerprint density at radius 3 is 2.72 bits per heavy atom. The lowest BCUT2D eigenvalue weighted by Crippen LogP contribution is -2.13. The van der Waals surface area contributed by atoms with Gasteiger partial charge in [0.25, 0.3) is 5.91 Å². The Balaban J connectivity index is 1.84. The molecular formula is C18H19N5O2. The lowest BCUT2D eigenvalue weighted by Gasteiger charge is -2.13. The van der Waals surface area contributed by atoms with Crippen LogP contribution < -0.4 is 5.32 Å². The van der Waals surface area contributed by atoms with Crippen molar-refractivity contribution < 1.29 is 9.90 Å². The van der Waals surface area contributed by atoms with Crippen molar-refractivity contribution in [1.82, 2.24) is 19.7 Å². The summed E-state index contributed by atoms with van der Waals surface area (Å²) in [4.78, 5) is 16.7. The molecule has 0 saturated carbocycles. The maximum absolute atomic E-state index is 12.5. The van der Waals surface area contributed by atoms with Gasteiger partial charge in [-0.3, -0.25) is 9.36 Å². The summed E-state index contributed by atoms with van der Waals surface area (Å²) in [7, 11) is 0. The van der Waals surface area contributed by atoms with Crippen LogP contribution in [0.5, 0.6) is 5.75 Å². The number of hydrogen-bond acceptors (Lipinski definition) is 5. The number of anilines is 1. The first-order valence-electron chi connectivity index (χ1n) is 8.03. The molecule has 0 aliphatic heterocycles. The van der Waals surface area contributed by atoms with Crippen molar-refractivity contribution in [3.05, 3.63) is 60.3 Å². The number of phenolic OH excluding ortho intramolecular Hbond substituents is 1. The zero-order valence-corrected chi connectivity index (χ0v) is 14.0. The van der Waals surface area contributed by atoms with Crippen molar-refractivity contribution in [2.75, 3.05) is 5.32 Å². The third kappa shape index (κ3) is 3.65. The average molecular weight is 337 g/mol. The number of phenols is 1. The van der Waals surface area contributed by atoms with E-state index in [2.05, 4.69) is 34.3 Å². The van der Waals surface area contributed by atoms with Gasteiger partial charge in [0, 0.05) is 11.8 Å². The third-order valence-electron chi connectivity index (χ3n) is 4.14. The molecule has 25 heavy (non-hydrogen) atoms. The molecule has 2 aromatic heterocycles. The number of hydrogen-bond donors (Lipinski definition) is 2. The molecular weight excluding hydrogens is 318 g/mol. The van der Waals surface area contributed by atoms with E-state index in [1.807, 2.05) is 12.1 Å². The quantitative estimate of drug-likeness (QED) is 0.698. The lowest BCUT2D eigenvalue weighted by atomic mass is 9.98. The van der Waals surface area contributed by atoms with Gasteiger partial charge in [0.15, 0.2) is 0 Å². The number of aromatic hydroxyl groups is 1. The summed E-state index contributed by atoms with van der Waals surface area (Å²) in [5.41, 5.74) is 1.88. The molecule has 2 heterocycles. The molecule has 0 spiro atoms. The van der Waals surface area contributed by atoms with Crippen LogP contribution in [0, 0.1) is 0 Å². The van der Waals surface area contributed by atoms with Crippen LogP contribution in [0.25, 0.3) is 5.82 Å². The Morgan fingerprint density at radius 1 is 1.24 bits per heavy atom. The first-order chi connectivity index (χ1) is 12.1. The molecule has 7 nitrogen and oxygen atoms in total. The minimum Gasteiger partial charge on any atom is -0.506 e. The topological polar surface area (TPSA) is 92.9 Å². The van der Waals surface area contributed by atoms with Gasteiger partial charge in [-0.2, -0.15) is 0 Å². The Kier molecular flexibility index (Phi) is 4.74. The second-order valence-electron chi connectivity index (χ2n) is 5.81. The predicted octanol–water partition coefficient (Wildman–Crippen LogP) is 3.13. The van der Waals surface area contributed by atoms with Crippen molar-refractivity contribution >= 4 is 11.6 Å². The van der Waals surface area contributed by atoms with E-state index in [4.69, 9.17) is 0 Å². The lowest BCUT2D eigenvalue weighted by molar-refractivity contribution is 0.102. The van der Waals surface area contributed by atoms with Crippen molar-refractivity contribution in [2.24, 2.45) is 0 Å². The second-order valence-corrected chi connectivity index (χ2v) is 5.81. The number of aromatic nitrogens is 4. The first kappa shape index (κ1) is 16.6. The highest BCUT2D eigenvalue weighted by atomic mass is 16.3. The molecule has 1 amide bonds. The van der Waals surface area contributed by atoms with Gasteiger partial charge >= 0.3 is 0 Å². The van der Waals surface area contributed by atoms with Gasteiger partial charge in [0.1, 0.15) is 24.2 Å². The van der Waals surface area contributed by atoms with E-state index < -0.39 is 0 Å². The van der Waals surface area contributed by atoms with E-state index in [9.17, 15) is 9.90 Å². The van der Waals surface area contributed by atoms with Gasteiger partial charge in [-0.25, -0.2) is 4.98 Å². The van der Waals surface area contributed by atoms with Gasteiger partial charge in [-0.1, -0.05) is 19.9 Å². The van der Waals surface area contributed by atoms with E-state index in [-0.39, 0.29) is 11.7 Å². The van der Waals surface area contributed by atoms with E-state index in [1.54, 1.807) is 29.0 Å². The summed E-state index contributed by atoms with van der Waals surface area (Å²) < 4.78 is 1.61. The molecule has 0 aliphatic rings. The van der Waals surface area contributed by atoms with Crippen LogP contribution in [0.2, 0.25) is 0 Å². The van der Waals surface area contributed by atoms with Gasteiger partial charge in [0.2, 0.25) is 0 Å². The summed E-state index contributed by atoms with van der Waals surface area (Å²) in [5, 5.41) is 20.3. The fourth-order valence-corrected chi connectivity index (χ4v) is 2.41. The molecule has 2 N–H and O–H groups in total. The number of rotatable bonds is 5. The van der Waals surface area contributed by atoms with Crippen molar-refractivity contribution in [1.29, 1.82) is 0 Å². The van der Waals surface area contributed by atoms with Gasteiger partial charge in [0.05, 0.1) is 5.69 Å².